The van der Waals surface area contributed by atoms with E-state index in [0.717, 1.165) is 5.56 Å². The largest absolute Gasteiger partial charge is 0.468 e. The SMILES string of the molecule is COC(=O)CNCC(=O)[C@H](Cc1ccc(C#N)cc1)NC(=O)OC(C)(C)C. The quantitative estimate of drug-likeness (QED) is 0.658. The molecule has 2 N–H and O–H groups in total. The average Bonchev–Trinajstić information content (AvgIpc) is 2.59. The molecule has 1 atom stereocenters. The number of carbonyl (C=O) groups excluding carboxylic acids is 3. The van der Waals surface area contributed by atoms with Crippen molar-refractivity contribution in [2.45, 2.75) is 38.8 Å². The second-order valence-corrected chi connectivity index (χ2v) is 6.86. The van der Waals surface area contributed by atoms with E-state index in [2.05, 4.69) is 15.4 Å². The first-order valence-electron chi connectivity index (χ1n) is 8.43. The zero-order valence-corrected chi connectivity index (χ0v) is 16.0. The molecule has 27 heavy (non-hydrogen) atoms. The minimum absolute atomic E-state index is 0.113. The molecule has 0 unspecified atom stereocenters. The number of amides is 1. The molecular formula is C19H25N3O5. The molecule has 8 heteroatoms. The average molecular weight is 375 g/mol. The van der Waals surface area contributed by atoms with Crippen LogP contribution in [0.15, 0.2) is 24.3 Å². The first kappa shape index (κ1) is 22.1. The maximum atomic E-state index is 12.5. The van der Waals surface area contributed by atoms with E-state index in [1.807, 2.05) is 6.07 Å². The van der Waals surface area contributed by atoms with Crippen molar-refractivity contribution in [2.75, 3.05) is 20.2 Å². The zero-order chi connectivity index (χ0) is 20.4. The fourth-order valence-electron chi connectivity index (χ4n) is 2.13. The highest BCUT2D eigenvalue weighted by Crippen LogP contribution is 2.10. The van der Waals surface area contributed by atoms with Crippen LogP contribution >= 0.6 is 0 Å². The number of benzene rings is 1. The zero-order valence-electron chi connectivity index (χ0n) is 16.0. The number of hydrogen-bond donors (Lipinski definition) is 2. The third-order valence-corrected chi connectivity index (χ3v) is 3.40. The number of rotatable bonds is 8. The lowest BCUT2D eigenvalue weighted by atomic mass is 10.0. The monoisotopic (exact) mass is 375 g/mol. The Morgan fingerprint density at radius 2 is 1.78 bits per heavy atom. The molecule has 0 radical (unpaired) electrons. The maximum Gasteiger partial charge on any atom is 0.408 e. The van der Waals surface area contributed by atoms with Gasteiger partial charge in [0.25, 0.3) is 0 Å². The van der Waals surface area contributed by atoms with E-state index >= 15 is 0 Å². The number of ketones is 1. The number of alkyl carbamates (subject to hydrolysis) is 1. The second kappa shape index (κ2) is 10.3. The molecule has 0 heterocycles. The van der Waals surface area contributed by atoms with Gasteiger partial charge in [-0.05, 0) is 44.9 Å². The summed E-state index contributed by atoms with van der Waals surface area (Å²) in [6.45, 7) is 4.94. The lowest BCUT2D eigenvalue weighted by Crippen LogP contribution is -2.47. The van der Waals surface area contributed by atoms with Crippen LogP contribution in [0.25, 0.3) is 0 Å². The molecular weight excluding hydrogens is 350 g/mol. The van der Waals surface area contributed by atoms with E-state index in [4.69, 9.17) is 10.00 Å². The first-order chi connectivity index (χ1) is 12.6. The summed E-state index contributed by atoms with van der Waals surface area (Å²) in [5.41, 5.74) is 0.577. The van der Waals surface area contributed by atoms with Crippen LogP contribution in [0.4, 0.5) is 4.79 Å². The Labute approximate surface area is 158 Å². The number of carbonyl (C=O) groups is 3. The number of methoxy groups -OCH3 is 1. The summed E-state index contributed by atoms with van der Waals surface area (Å²) >= 11 is 0. The van der Waals surface area contributed by atoms with Gasteiger partial charge in [-0.15, -0.1) is 0 Å². The van der Waals surface area contributed by atoms with Gasteiger partial charge in [-0.25, -0.2) is 4.79 Å². The van der Waals surface area contributed by atoms with Gasteiger partial charge in [-0.3, -0.25) is 14.9 Å². The minimum Gasteiger partial charge on any atom is -0.468 e. The number of nitrogens with one attached hydrogen (secondary N) is 2. The van der Waals surface area contributed by atoms with Gasteiger partial charge in [-0.1, -0.05) is 12.1 Å². The molecule has 0 aliphatic rings. The van der Waals surface area contributed by atoms with Crippen LogP contribution in [0.2, 0.25) is 0 Å². The van der Waals surface area contributed by atoms with E-state index in [9.17, 15) is 14.4 Å². The van der Waals surface area contributed by atoms with Crippen molar-refractivity contribution in [3.63, 3.8) is 0 Å². The van der Waals surface area contributed by atoms with Crippen molar-refractivity contribution < 1.29 is 23.9 Å². The number of esters is 1. The smallest absolute Gasteiger partial charge is 0.408 e. The molecule has 1 amide bonds. The van der Waals surface area contributed by atoms with E-state index < -0.39 is 23.7 Å². The van der Waals surface area contributed by atoms with E-state index in [1.165, 1.54) is 7.11 Å². The summed E-state index contributed by atoms with van der Waals surface area (Å²) < 4.78 is 9.71. The number of ether oxygens (including phenoxy) is 2. The van der Waals surface area contributed by atoms with Gasteiger partial charge in [0, 0.05) is 0 Å². The third kappa shape index (κ3) is 8.83. The Kier molecular flexibility index (Phi) is 8.42. The second-order valence-electron chi connectivity index (χ2n) is 6.86. The fourth-order valence-corrected chi connectivity index (χ4v) is 2.13. The van der Waals surface area contributed by atoms with Crippen molar-refractivity contribution >= 4 is 17.8 Å². The van der Waals surface area contributed by atoms with E-state index in [0.29, 0.717) is 5.56 Å². The van der Waals surface area contributed by atoms with Crippen molar-refractivity contribution in [3.8, 4) is 6.07 Å². The van der Waals surface area contributed by atoms with Crippen molar-refractivity contribution in [1.82, 2.24) is 10.6 Å². The van der Waals surface area contributed by atoms with Crippen molar-refractivity contribution in [3.05, 3.63) is 35.4 Å². The molecule has 0 bridgehead atoms. The van der Waals surface area contributed by atoms with Crippen LogP contribution in [0.1, 0.15) is 31.9 Å². The van der Waals surface area contributed by atoms with Crippen LogP contribution in [0.3, 0.4) is 0 Å². The van der Waals surface area contributed by atoms with Crippen LogP contribution in [0.5, 0.6) is 0 Å². The summed E-state index contributed by atoms with van der Waals surface area (Å²) in [4.78, 5) is 35.7. The van der Waals surface area contributed by atoms with Gasteiger partial charge in [0.15, 0.2) is 5.78 Å². The molecule has 1 rings (SSSR count). The molecule has 0 spiro atoms. The molecule has 1 aromatic rings. The third-order valence-electron chi connectivity index (χ3n) is 3.40. The van der Waals surface area contributed by atoms with Crippen molar-refractivity contribution in [2.24, 2.45) is 0 Å². The normalized spacial score (nSPS) is 11.8. The molecule has 0 aromatic heterocycles. The molecule has 0 saturated heterocycles. The Hall–Kier alpha value is -2.92. The van der Waals surface area contributed by atoms with E-state index in [-0.39, 0.29) is 25.3 Å². The van der Waals surface area contributed by atoms with Gasteiger partial charge in [0.2, 0.25) is 0 Å². The predicted octanol–water partition coefficient (Wildman–Crippen LogP) is 1.33. The van der Waals surface area contributed by atoms with Gasteiger partial charge in [-0.2, -0.15) is 5.26 Å². The molecule has 8 nitrogen and oxygen atoms in total. The standard InChI is InChI=1S/C19H25N3O5/c1-19(2,3)27-18(25)22-15(16(23)11-21-12-17(24)26-4)9-13-5-7-14(10-20)8-6-13/h5-8,15,21H,9,11-12H2,1-4H3,(H,22,25)/t15-/m0/s1. The summed E-state index contributed by atoms with van der Waals surface area (Å²) in [7, 11) is 1.25. The maximum absolute atomic E-state index is 12.5. The van der Waals surface area contributed by atoms with Crippen LogP contribution < -0.4 is 10.6 Å². The molecule has 0 fully saturated rings. The van der Waals surface area contributed by atoms with Gasteiger partial charge < -0.3 is 14.8 Å². The number of nitriles is 1. The van der Waals surface area contributed by atoms with Gasteiger partial charge in [0.1, 0.15) is 5.60 Å². The number of hydrogen-bond acceptors (Lipinski definition) is 7. The summed E-state index contributed by atoms with van der Waals surface area (Å²) in [5.74, 6) is -0.805. The van der Waals surface area contributed by atoms with E-state index in [1.54, 1.807) is 45.0 Å². The number of Topliss-reactive ketones (excluding diaryl/α,β-unsaturated/α-hetero) is 1. The molecule has 1 aromatic carbocycles. The Balaban J connectivity index is 2.80. The Bertz CT molecular complexity index is 702. The Morgan fingerprint density at radius 1 is 1.15 bits per heavy atom. The number of nitrogens with zero attached hydrogens (tertiary/aromatic N) is 1. The lowest BCUT2D eigenvalue weighted by Gasteiger charge is -2.23. The van der Waals surface area contributed by atoms with Crippen LogP contribution in [-0.2, 0) is 25.5 Å². The Morgan fingerprint density at radius 3 is 2.30 bits per heavy atom. The highest BCUT2D eigenvalue weighted by molar-refractivity contribution is 5.89. The summed E-state index contributed by atoms with van der Waals surface area (Å²) in [5, 5.41) is 14.1. The fraction of sp³-hybridized carbons (Fsp3) is 0.474. The predicted molar refractivity (Wildman–Crippen MR) is 97.9 cm³/mol. The highest BCUT2D eigenvalue weighted by atomic mass is 16.6. The lowest BCUT2D eigenvalue weighted by molar-refractivity contribution is -0.139. The first-order valence-corrected chi connectivity index (χ1v) is 8.43. The molecule has 0 aliphatic heterocycles. The van der Waals surface area contributed by atoms with Crippen molar-refractivity contribution in [1.29, 1.82) is 5.26 Å². The van der Waals surface area contributed by atoms with Gasteiger partial charge in [0.05, 0.1) is 37.9 Å². The molecule has 0 saturated carbocycles. The molecule has 0 aliphatic carbocycles. The minimum atomic E-state index is -0.849. The summed E-state index contributed by atoms with van der Waals surface area (Å²) in [6, 6.07) is 7.89. The van der Waals surface area contributed by atoms with Crippen LogP contribution in [0, 0.1) is 11.3 Å². The highest BCUT2D eigenvalue weighted by Gasteiger charge is 2.24. The van der Waals surface area contributed by atoms with Crippen LogP contribution in [-0.4, -0.2) is 49.7 Å². The van der Waals surface area contributed by atoms with Gasteiger partial charge >= 0.3 is 12.1 Å². The molecule has 146 valence electrons. The topological polar surface area (TPSA) is 118 Å². The summed E-state index contributed by atoms with van der Waals surface area (Å²) in [6.07, 6.45) is -0.480.